The summed E-state index contributed by atoms with van der Waals surface area (Å²) < 4.78 is 7.35. The highest BCUT2D eigenvalue weighted by molar-refractivity contribution is 7.98. The van der Waals surface area contributed by atoms with Gasteiger partial charge in [0, 0.05) is 30.8 Å². The lowest BCUT2D eigenvalue weighted by Crippen LogP contribution is -2.07. The Kier molecular flexibility index (Phi) is 5.61. The Hall–Kier alpha value is -2.18. The summed E-state index contributed by atoms with van der Waals surface area (Å²) in [5.74, 6) is 1.71. The van der Waals surface area contributed by atoms with Crippen LogP contribution in [0.1, 0.15) is 11.1 Å². The lowest BCUT2D eigenvalue weighted by atomic mass is 10.2. The highest BCUT2D eigenvalue weighted by Crippen LogP contribution is 2.26. The SMILES string of the molecule is COCCn1c(SCc2cccc(C)c2)nnc1-c1ccncc1. The van der Waals surface area contributed by atoms with Gasteiger partial charge in [-0.25, -0.2) is 0 Å². The Bertz CT molecular complexity index is 789. The van der Waals surface area contributed by atoms with Crippen molar-refractivity contribution < 1.29 is 4.74 Å². The fraction of sp³-hybridized carbons (Fsp3) is 0.278. The number of ether oxygens (including phenoxy) is 1. The van der Waals surface area contributed by atoms with E-state index in [2.05, 4.69) is 50.9 Å². The smallest absolute Gasteiger partial charge is 0.191 e. The molecule has 0 saturated carbocycles. The molecule has 0 unspecified atom stereocenters. The second kappa shape index (κ2) is 8.08. The maximum atomic E-state index is 5.24. The van der Waals surface area contributed by atoms with Gasteiger partial charge in [0.1, 0.15) is 0 Å². The Morgan fingerprint density at radius 1 is 1.12 bits per heavy atom. The number of hydrogen-bond acceptors (Lipinski definition) is 5. The van der Waals surface area contributed by atoms with Gasteiger partial charge in [-0.15, -0.1) is 10.2 Å². The van der Waals surface area contributed by atoms with Gasteiger partial charge in [-0.2, -0.15) is 0 Å². The molecule has 0 aliphatic rings. The summed E-state index contributed by atoms with van der Waals surface area (Å²) in [6, 6.07) is 12.4. The molecule has 5 nitrogen and oxygen atoms in total. The van der Waals surface area contributed by atoms with Crippen molar-refractivity contribution in [1.82, 2.24) is 19.7 Å². The van der Waals surface area contributed by atoms with Gasteiger partial charge < -0.3 is 4.74 Å². The Morgan fingerprint density at radius 2 is 1.96 bits per heavy atom. The van der Waals surface area contributed by atoms with Crippen LogP contribution in [0.4, 0.5) is 0 Å². The molecule has 0 spiro atoms. The first-order valence-corrected chi connectivity index (χ1v) is 8.77. The van der Waals surface area contributed by atoms with E-state index in [-0.39, 0.29) is 0 Å². The molecule has 1 aromatic carbocycles. The quantitative estimate of drug-likeness (QED) is 0.615. The van der Waals surface area contributed by atoms with Crippen molar-refractivity contribution in [3.8, 4) is 11.4 Å². The topological polar surface area (TPSA) is 52.8 Å². The predicted molar refractivity (Wildman–Crippen MR) is 95.9 cm³/mol. The Balaban J connectivity index is 1.83. The molecule has 3 rings (SSSR count). The molecule has 3 aromatic rings. The zero-order valence-electron chi connectivity index (χ0n) is 13.8. The summed E-state index contributed by atoms with van der Waals surface area (Å²) in [5, 5.41) is 9.66. The van der Waals surface area contributed by atoms with Crippen molar-refractivity contribution in [2.24, 2.45) is 0 Å². The number of nitrogens with zero attached hydrogens (tertiary/aromatic N) is 4. The molecule has 0 aliphatic heterocycles. The molecule has 6 heteroatoms. The lowest BCUT2D eigenvalue weighted by molar-refractivity contribution is 0.185. The third kappa shape index (κ3) is 4.01. The first kappa shape index (κ1) is 16.7. The summed E-state index contributed by atoms with van der Waals surface area (Å²) in [5.41, 5.74) is 3.56. The molecule has 0 atom stereocenters. The predicted octanol–water partition coefficient (Wildman–Crippen LogP) is 3.59. The van der Waals surface area contributed by atoms with E-state index in [4.69, 9.17) is 4.74 Å². The fourth-order valence-electron chi connectivity index (χ4n) is 2.44. The monoisotopic (exact) mass is 340 g/mol. The maximum Gasteiger partial charge on any atom is 0.191 e. The van der Waals surface area contributed by atoms with Crippen LogP contribution in [0.15, 0.2) is 53.9 Å². The van der Waals surface area contributed by atoms with Gasteiger partial charge in [0.25, 0.3) is 0 Å². The van der Waals surface area contributed by atoms with E-state index in [0.717, 1.165) is 28.8 Å². The minimum Gasteiger partial charge on any atom is -0.383 e. The number of hydrogen-bond donors (Lipinski definition) is 0. The van der Waals surface area contributed by atoms with Gasteiger partial charge in [0.05, 0.1) is 13.2 Å². The normalized spacial score (nSPS) is 10.9. The van der Waals surface area contributed by atoms with Gasteiger partial charge >= 0.3 is 0 Å². The first-order valence-electron chi connectivity index (χ1n) is 7.79. The molecule has 0 bridgehead atoms. The minimum absolute atomic E-state index is 0.619. The van der Waals surface area contributed by atoms with Crippen LogP contribution in [0.2, 0.25) is 0 Å². The van der Waals surface area contributed by atoms with Crippen LogP contribution in [0, 0.1) is 6.92 Å². The van der Waals surface area contributed by atoms with Gasteiger partial charge in [-0.05, 0) is 24.6 Å². The highest BCUT2D eigenvalue weighted by atomic mass is 32.2. The Labute approximate surface area is 146 Å². The molecule has 0 N–H and O–H groups in total. The van der Waals surface area contributed by atoms with Crippen molar-refractivity contribution in [1.29, 1.82) is 0 Å². The van der Waals surface area contributed by atoms with Crippen LogP contribution in [0.25, 0.3) is 11.4 Å². The average Bonchev–Trinajstić information content (AvgIpc) is 3.02. The molecule has 2 aromatic heterocycles. The van der Waals surface area contributed by atoms with Gasteiger partial charge in [0.2, 0.25) is 0 Å². The molecule has 0 radical (unpaired) electrons. The number of benzene rings is 1. The Morgan fingerprint density at radius 3 is 2.71 bits per heavy atom. The van der Waals surface area contributed by atoms with E-state index in [9.17, 15) is 0 Å². The van der Waals surface area contributed by atoms with Crippen molar-refractivity contribution in [3.05, 3.63) is 59.9 Å². The second-order valence-corrected chi connectivity index (χ2v) is 6.41. The van der Waals surface area contributed by atoms with Crippen LogP contribution in [-0.4, -0.2) is 33.5 Å². The molecule has 0 fully saturated rings. The number of methoxy groups -OCH3 is 1. The summed E-state index contributed by atoms with van der Waals surface area (Å²) in [6.45, 7) is 3.45. The van der Waals surface area contributed by atoms with E-state index >= 15 is 0 Å². The zero-order chi connectivity index (χ0) is 16.8. The minimum atomic E-state index is 0.619. The van der Waals surface area contributed by atoms with Gasteiger partial charge in [-0.3, -0.25) is 9.55 Å². The number of aromatic nitrogens is 4. The molecular weight excluding hydrogens is 320 g/mol. The average molecular weight is 340 g/mol. The van der Waals surface area contributed by atoms with Gasteiger partial charge in [-0.1, -0.05) is 41.6 Å². The molecule has 124 valence electrons. The highest BCUT2D eigenvalue weighted by Gasteiger charge is 2.14. The van der Waals surface area contributed by atoms with Crippen LogP contribution in [0.5, 0.6) is 0 Å². The van der Waals surface area contributed by atoms with E-state index in [1.807, 2.05) is 12.1 Å². The molecule has 24 heavy (non-hydrogen) atoms. The summed E-state index contributed by atoms with van der Waals surface area (Å²) in [4.78, 5) is 4.07. The van der Waals surface area contributed by atoms with E-state index in [0.29, 0.717) is 6.61 Å². The molecule has 0 aliphatic carbocycles. The fourth-order valence-corrected chi connectivity index (χ4v) is 3.35. The third-order valence-corrected chi connectivity index (χ3v) is 4.66. The molecule has 2 heterocycles. The van der Waals surface area contributed by atoms with Crippen LogP contribution in [0.3, 0.4) is 0 Å². The molecule has 0 amide bonds. The standard InChI is InChI=1S/C18H20N4OS/c1-14-4-3-5-15(12-14)13-24-18-21-20-17(22(18)10-11-23-2)16-6-8-19-9-7-16/h3-9,12H,10-11,13H2,1-2H3. The first-order chi connectivity index (χ1) is 11.8. The van der Waals surface area contributed by atoms with Crippen LogP contribution >= 0.6 is 11.8 Å². The van der Waals surface area contributed by atoms with E-state index in [1.54, 1.807) is 31.3 Å². The number of thioether (sulfide) groups is 1. The summed E-state index contributed by atoms with van der Waals surface area (Å²) >= 11 is 1.69. The summed E-state index contributed by atoms with van der Waals surface area (Å²) in [7, 11) is 1.70. The van der Waals surface area contributed by atoms with Crippen molar-refractivity contribution in [2.45, 2.75) is 24.4 Å². The van der Waals surface area contributed by atoms with Crippen molar-refractivity contribution >= 4 is 11.8 Å². The van der Waals surface area contributed by atoms with Gasteiger partial charge in [0.15, 0.2) is 11.0 Å². The number of pyridine rings is 1. The number of aryl methyl sites for hydroxylation is 1. The lowest BCUT2D eigenvalue weighted by Gasteiger charge is -2.09. The molecule has 0 saturated heterocycles. The summed E-state index contributed by atoms with van der Waals surface area (Å²) in [6.07, 6.45) is 3.54. The molecular formula is C18H20N4OS. The number of rotatable bonds is 7. The van der Waals surface area contributed by atoms with Crippen molar-refractivity contribution in [3.63, 3.8) is 0 Å². The largest absolute Gasteiger partial charge is 0.383 e. The second-order valence-electron chi connectivity index (χ2n) is 5.46. The van der Waals surface area contributed by atoms with E-state index < -0.39 is 0 Å². The van der Waals surface area contributed by atoms with Crippen LogP contribution in [-0.2, 0) is 17.0 Å². The maximum absolute atomic E-state index is 5.24. The van der Waals surface area contributed by atoms with Crippen molar-refractivity contribution in [2.75, 3.05) is 13.7 Å². The third-order valence-electron chi connectivity index (χ3n) is 3.62. The zero-order valence-corrected chi connectivity index (χ0v) is 14.7. The van der Waals surface area contributed by atoms with Crippen LogP contribution < -0.4 is 0 Å². The van der Waals surface area contributed by atoms with E-state index in [1.165, 1.54) is 11.1 Å².